The summed E-state index contributed by atoms with van der Waals surface area (Å²) in [5, 5.41) is 10.7. The lowest BCUT2D eigenvalue weighted by Crippen LogP contribution is -2.56. The minimum Gasteiger partial charge on any atom is -0.420 e. The average molecular weight is 455 g/mol. The van der Waals surface area contributed by atoms with Crippen molar-refractivity contribution in [1.82, 2.24) is 15.1 Å². The lowest BCUT2D eigenvalue weighted by molar-refractivity contribution is -0.120. The molecule has 170 valence electrons. The molecule has 3 heterocycles. The number of thiophene rings is 1. The molecule has 0 N–H and O–H groups in total. The number of likely N-dealkylation sites (tertiary alicyclic amines) is 1. The van der Waals surface area contributed by atoms with Gasteiger partial charge in [-0.15, -0.1) is 21.5 Å². The lowest BCUT2D eigenvalue weighted by Gasteiger charge is -2.46. The highest BCUT2D eigenvalue weighted by atomic mass is 32.1. The Hall–Kier alpha value is -2.55. The second kappa shape index (κ2) is 10.4. The third kappa shape index (κ3) is 4.77. The van der Waals surface area contributed by atoms with Crippen molar-refractivity contribution in [2.75, 3.05) is 31.6 Å². The van der Waals surface area contributed by atoms with Crippen molar-refractivity contribution in [2.45, 2.75) is 44.8 Å². The van der Waals surface area contributed by atoms with Crippen LogP contribution in [0.1, 0.15) is 42.8 Å². The summed E-state index contributed by atoms with van der Waals surface area (Å²) in [6.45, 7) is 4.86. The predicted octanol–water partition coefficient (Wildman–Crippen LogP) is 4.25. The van der Waals surface area contributed by atoms with E-state index >= 15 is 0 Å². The standard InChI is InChI=1S/C24H30N4O3S/c1-3-22(29)28(19-8-5-4-6-9-19)24(23-26-25-21(31-23)18-30-2)12-15-27(16-13-24)14-11-20-10-7-17-32-20/h4-10,17H,3,11-16,18H2,1-2H3. The van der Waals surface area contributed by atoms with E-state index in [1.54, 1.807) is 18.4 Å². The molecule has 4 rings (SSSR count). The summed E-state index contributed by atoms with van der Waals surface area (Å²) in [7, 11) is 1.60. The fourth-order valence-corrected chi connectivity index (χ4v) is 5.09. The Labute approximate surface area is 193 Å². The highest BCUT2D eigenvalue weighted by Gasteiger charge is 2.48. The zero-order valence-corrected chi connectivity index (χ0v) is 19.5. The number of nitrogens with zero attached hydrogens (tertiary/aromatic N) is 4. The Morgan fingerprint density at radius 3 is 2.62 bits per heavy atom. The zero-order valence-electron chi connectivity index (χ0n) is 18.7. The number of piperidine rings is 1. The van der Waals surface area contributed by atoms with Gasteiger partial charge in [0.25, 0.3) is 0 Å². The molecule has 7 nitrogen and oxygen atoms in total. The van der Waals surface area contributed by atoms with Gasteiger partial charge in [0.15, 0.2) is 0 Å². The van der Waals surface area contributed by atoms with Gasteiger partial charge in [0, 0.05) is 43.7 Å². The van der Waals surface area contributed by atoms with E-state index in [1.165, 1.54) is 4.88 Å². The van der Waals surface area contributed by atoms with Crippen LogP contribution in [0.2, 0.25) is 0 Å². The molecule has 1 aromatic carbocycles. The van der Waals surface area contributed by atoms with E-state index in [0.717, 1.165) is 44.6 Å². The quantitative estimate of drug-likeness (QED) is 0.481. The maximum absolute atomic E-state index is 13.3. The molecule has 1 aliphatic heterocycles. The molecule has 8 heteroatoms. The highest BCUT2D eigenvalue weighted by molar-refractivity contribution is 7.09. The molecular weight excluding hydrogens is 424 g/mol. The number of benzene rings is 1. The topological polar surface area (TPSA) is 71.7 Å². The number of anilines is 1. The number of hydrogen-bond donors (Lipinski definition) is 0. The molecule has 1 amide bonds. The second-order valence-electron chi connectivity index (χ2n) is 8.05. The number of rotatable bonds is 9. The highest BCUT2D eigenvalue weighted by Crippen LogP contribution is 2.41. The van der Waals surface area contributed by atoms with Gasteiger partial charge < -0.3 is 14.1 Å². The first-order chi connectivity index (χ1) is 15.7. The van der Waals surface area contributed by atoms with E-state index < -0.39 is 5.54 Å². The number of hydrogen-bond acceptors (Lipinski definition) is 7. The van der Waals surface area contributed by atoms with Gasteiger partial charge in [0.05, 0.1) is 0 Å². The average Bonchev–Trinajstić information content (AvgIpc) is 3.52. The molecule has 1 saturated heterocycles. The van der Waals surface area contributed by atoms with Crippen LogP contribution in [0.25, 0.3) is 0 Å². The Morgan fingerprint density at radius 2 is 1.97 bits per heavy atom. The van der Waals surface area contributed by atoms with Crippen molar-refractivity contribution < 1.29 is 13.9 Å². The van der Waals surface area contributed by atoms with E-state index in [9.17, 15) is 4.79 Å². The summed E-state index contributed by atoms with van der Waals surface area (Å²) in [4.78, 5) is 19.0. The van der Waals surface area contributed by atoms with Crippen molar-refractivity contribution in [3.05, 3.63) is 64.5 Å². The number of amides is 1. The maximum atomic E-state index is 13.3. The third-order valence-corrected chi connectivity index (χ3v) is 7.00. The fraction of sp³-hybridized carbons (Fsp3) is 0.458. The van der Waals surface area contributed by atoms with E-state index in [-0.39, 0.29) is 12.5 Å². The van der Waals surface area contributed by atoms with Crippen LogP contribution in [0, 0.1) is 0 Å². The molecule has 3 aromatic rings. The Balaban J connectivity index is 1.63. The van der Waals surface area contributed by atoms with Gasteiger partial charge in [0.1, 0.15) is 12.1 Å². The third-order valence-electron chi connectivity index (χ3n) is 6.06. The summed E-state index contributed by atoms with van der Waals surface area (Å²) in [6, 6.07) is 14.1. The Kier molecular flexibility index (Phi) is 7.34. The zero-order chi connectivity index (χ0) is 22.4. The number of para-hydroxylation sites is 1. The van der Waals surface area contributed by atoms with E-state index in [2.05, 4.69) is 32.6 Å². The van der Waals surface area contributed by atoms with Crippen LogP contribution in [0.15, 0.2) is 52.3 Å². The number of ether oxygens (including phenoxy) is 1. The largest absolute Gasteiger partial charge is 0.420 e. The number of carbonyl (C=O) groups excluding carboxylic acids is 1. The van der Waals surface area contributed by atoms with Crippen molar-refractivity contribution >= 4 is 22.9 Å². The van der Waals surface area contributed by atoms with Gasteiger partial charge in [-0.05, 0) is 42.8 Å². The first-order valence-corrected chi connectivity index (χ1v) is 12.0. The molecule has 1 fully saturated rings. The summed E-state index contributed by atoms with van der Waals surface area (Å²) < 4.78 is 11.2. The van der Waals surface area contributed by atoms with Crippen LogP contribution < -0.4 is 4.90 Å². The van der Waals surface area contributed by atoms with Crippen LogP contribution >= 0.6 is 11.3 Å². The Morgan fingerprint density at radius 1 is 1.19 bits per heavy atom. The molecule has 0 saturated carbocycles. The monoisotopic (exact) mass is 454 g/mol. The van der Waals surface area contributed by atoms with Crippen LogP contribution in [-0.2, 0) is 28.1 Å². The van der Waals surface area contributed by atoms with Gasteiger partial charge >= 0.3 is 0 Å². The van der Waals surface area contributed by atoms with Gasteiger partial charge in [-0.25, -0.2) is 0 Å². The molecule has 0 unspecified atom stereocenters. The summed E-state index contributed by atoms with van der Waals surface area (Å²) in [6.07, 6.45) is 2.90. The van der Waals surface area contributed by atoms with E-state index in [1.807, 2.05) is 42.2 Å². The molecule has 0 bridgehead atoms. The van der Waals surface area contributed by atoms with Crippen molar-refractivity contribution in [3.63, 3.8) is 0 Å². The summed E-state index contributed by atoms with van der Waals surface area (Å²) in [5.41, 5.74) is 0.185. The molecule has 1 aliphatic rings. The van der Waals surface area contributed by atoms with Crippen LogP contribution in [-0.4, -0.2) is 47.7 Å². The van der Waals surface area contributed by atoms with Crippen LogP contribution in [0.4, 0.5) is 5.69 Å². The molecule has 32 heavy (non-hydrogen) atoms. The van der Waals surface area contributed by atoms with Gasteiger partial charge in [-0.1, -0.05) is 31.2 Å². The lowest BCUT2D eigenvalue weighted by atomic mass is 9.84. The van der Waals surface area contributed by atoms with Crippen molar-refractivity contribution in [1.29, 1.82) is 0 Å². The maximum Gasteiger partial charge on any atom is 0.242 e. The molecule has 0 atom stereocenters. The van der Waals surface area contributed by atoms with Gasteiger partial charge in [-0.2, -0.15) is 0 Å². The smallest absolute Gasteiger partial charge is 0.242 e. The van der Waals surface area contributed by atoms with Crippen molar-refractivity contribution in [3.8, 4) is 0 Å². The molecular formula is C24H30N4O3S. The van der Waals surface area contributed by atoms with E-state index in [0.29, 0.717) is 18.2 Å². The molecule has 0 spiro atoms. The molecule has 0 radical (unpaired) electrons. The number of aromatic nitrogens is 2. The Bertz CT molecular complexity index is 982. The number of carbonyl (C=O) groups is 1. The van der Waals surface area contributed by atoms with Crippen LogP contribution in [0.5, 0.6) is 0 Å². The summed E-state index contributed by atoms with van der Waals surface area (Å²) in [5.74, 6) is 0.974. The van der Waals surface area contributed by atoms with Crippen LogP contribution in [0.3, 0.4) is 0 Å². The predicted molar refractivity (Wildman–Crippen MR) is 125 cm³/mol. The molecule has 2 aromatic heterocycles. The minimum atomic E-state index is -0.674. The number of methoxy groups -OCH3 is 1. The van der Waals surface area contributed by atoms with E-state index in [4.69, 9.17) is 9.15 Å². The first-order valence-electron chi connectivity index (χ1n) is 11.1. The normalized spacial score (nSPS) is 16.2. The first kappa shape index (κ1) is 22.6. The second-order valence-corrected chi connectivity index (χ2v) is 9.09. The van der Waals surface area contributed by atoms with Gasteiger partial charge in [0.2, 0.25) is 17.7 Å². The van der Waals surface area contributed by atoms with Crippen molar-refractivity contribution in [2.24, 2.45) is 0 Å². The molecule has 0 aliphatic carbocycles. The minimum absolute atomic E-state index is 0.0507. The summed E-state index contributed by atoms with van der Waals surface area (Å²) >= 11 is 1.80. The van der Waals surface area contributed by atoms with Gasteiger partial charge in [-0.3, -0.25) is 9.69 Å². The fourth-order valence-electron chi connectivity index (χ4n) is 4.39. The SMILES string of the molecule is CCC(=O)N(c1ccccc1)C1(c2nnc(COC)o2)CCN(CCc2cccs2)CC1.